The molecule has 6 heteroatoms. The van der Waals surface area contributed by atoms with Gasteiger partial charge in [0.25, 0.3) is 5.91 Å². The molecule has 2 aromatic carbocycles. The Balaban J connectivity index is 1.76. The number of amides is 1. The van der Waals surface area contributed by atoms with Gasteiger partial charge in [-0.3, -0.25) is 4.79 Å². The zero-order chi connectivity index (χ0) is 17.8. The van der Waals surface area contributed by atoms with Crippen LogP contribution < -0.4 is 10.6 Å². The van der Waals surface area contributed by atoms with E-state index >= 15 is 0 Å². The van der Waals surface area contributed by atoms with Crippen molar-refractivity contribution in [2.45, 2.75) is 13.8 Å². The molecule has 0 aliphatic carbocycles. The minimum atomic E-state index is -0.367. The van der Waals surface area contributed by atoms with E-state index in [1.165, 1.54) is 24.4 Å². The maximum absolute atomic E-state index is 13.2. The monoisotopic (exact) mass is 336 g/mol. The summed E-state index contributed by atoms with van der Waals surface area (Å²) in [6.07, 6.45) is 1.48. The second-order valence-electron chi connectivity index (χ2n) is 5.65. The lowest BCUT2D eigenvalue weighted by Gasteiger charge is -2.09. The fourth-order valence-electron chi connectivity index (χ4n) is 2.26. The largest absolute Gasteiger partial charge is 0.324 e. The number of rotatable bonds is 4. The van der Waals surface area contributed by atoms with E-state index in [1.54, 1.807) is 12.1 Å². The summed E-state index contributed by atoms with van der Waals surface area (Å²) in [4.78, 5) is 20.6. The third-order valence-electron chi connectivity index (χ3n) is 3.73. The van der Waals surface area contributed by atoms with Crippen molar-refractivity contribution in [3.63, 3.8) is 0 Å². The molecule has 5 nitrogen and oxygen atoms in total. The van der Waals surface area contributed by atoms with Crippen LogP contribution in [0.2, 0.25) is 0 Å². The highest BCUT2D eigenvalue weighted by Gasteiger charge is 2.10. The minimum Gasteiger partial charge on any atom is -0.324 e. The maximum atomic E-state index is 13.2. The SMILES string of the molecule is Cc1ccc(NC(=O)c2ccnc(Nc3cccc(F)c3)n2)cc1C. The van der Waals surface area contributed by atoms with Crippen LogP contribution in [0.5, 0.6) is 0 Å². The number of nitrogens with zero attached hydrogens (tertiary/aromatic N) is 2. The number of carbonyl (C=O) groups excluding carboxylic acids is 1. The number of anilines is 3. The van der Waals surface area contributed by atoms with Crippen molar-refractivity contribution in [2.24, 2.45) is 0 Å². The molecule has 1 aromatic heterocycles. The van der Waals surface area contributed by atoms with E-state index in [0.29, 0.717) is 11.4 Å². The van der Waals surface area contributed by atoms with Crippen molar-refractivity contribution in [1.29, 1.82) is 0 Å². The topological polar surface area (TPSA) is 66.9 Å². The fourth-order valence-corrected chi connectivity index (χ4v) is 2.26. The van der Waals surface area contributed by atoms with Crippen molar-refractivity contribution >= 4 is 23.2 Å². The number of carbonyl (C=O) groups is 1. The fraction of sp³-hybridized carbons (Fsp3) is 0.105. The van der Waals surface area contributed by atoms with Gasteiger partial charge in [-0.2, -0.15) is 0 Å². The van der Waals surface area contributed by atoms with Gasteiger partial charge in [0.2, 0.25) is 5.95 Å². The van der Waals surface area contributed by atoms with Crippen molar-refractivity contribution in [3.8, 4) is 0 Å². The quantitative estimate of drug-likeness (QED) is 0.748. The Morgan fingerprint density at radius 2 is 1.84 bits per heavy atom. The number of hydrogen-bond donors (Lipinski definition) is 2. The number of benzene rings is 2. The molecule has 0 saturated heterocycles. The number of hydrogen-bond acceptors (Lipinski definition) is 4. The highest BCUT2D eigenvalue weighted by Crippen LogP contribution is 2.16. The van der Waals surface area contributed by atoms with Gasteiger partial charge >= 0.3 is 0 Å². The smallest absolute Gasteiger partial charge is 0.274 e. The molecule has 0 saturated carbocycles. The number of nitrogens with one attached hydrogen (secondary N) is 2. The van der Waals surface area contributed by atoms with Gasteiger partial charge in [0.05, 0.1) is 0 Å². The highest BCUT2D eigenvalue weighted by molar-refractivity contribution is 6.03. The Hall–Kier alpha value is -3.28. The molecule has 25 heavy (non-hydrogen) atoms. The van der Waals surface area contributed by atoms with Crippen LogP contribution in [0.3, 0.4) is 0 Å². The molecule has 126 valence electrons. The Morgan fingerprint density at radius 3 is 2.60 bits per heavy atom. The van der Waals surface area contributed by atoms with E-state index in [1.807, 2.05) is 32.0 Å². The van der Waals surface area contributed by atoms with E-state index in [4.69, 9.17) is 0 Å². The number of aryl methyl sites for hydroxylation is 2. The summed E-state index contributed by atoms with van der Waals surface area (Å²) < 4.78 is 13.2. The number of halogens is 1. The van der Waals surface area contributed by atoms with Gasteiger partial charge < -0.3 is 10.6 Å². The van der Waals surface area contributed by atoms with Crippen LogP contribution in [0, 0.1) is 19.7 Å². The first kappa shape index (κ1) is 16.6. The highest BCUT2D eigenvalue weighted by atomic mass is 19.1. The molecule has 0 aliphatic heterocycles. The second kappa shape index (κ2) is 7.09. The van der Waals surface area contributed by atoms with Crippen LogP contribution in [0.15, 0.2) is 54.7 Å². The number of aromatic nitrogens is 2. The molecule has 0 atom stereocenters. The van der Waals surface area contributed by atoms with Crippen molar-refractivity contribution < 1.29 is 9.18 Å². The van der Waals surface area contributed by atoms with E-state index in [0.717, 1.165) is 11.1 Å². The maximum Gasteiger partial charge on any atom is 0.274 e. The summed E-state index contributed by atoms with van der Waals surface area (Å²) in [7, 11) is 0. The van der Waals surface area contributed by atoms with E-state index in [9.17, 15) is 9.18 Å². The lowest BCUT2D eigenvalue weighted by atomic mass is 10.1. The summed E-state index contributed by atoms with van der Waals surface area (Å²) >= 11 is 0. The van der Waals surface area contributed by atoms with Gasteiger partial charge in [-0.1, -0.05) is 12.1 Å². The summed E-state index contributed by atoms with van der Waals surface area (Å²) in [6, 6.07) is 13.1. The average Bonchev–Trinajstić information content (AvgIpc) is 2.58. The van der Waals surface area contributed by atoms with Gasteiger partial charge in [0.1, 0.15) is 11.5 Å². The Morgan fingerprint density at radius 1 is 1.00 bits per heavy atom. The first-order chi connectivity index (χ1) is 12.0. The first-order valence-corrected chi connectivity index (χ1v) is 7.75. The standard InChI is InChI=1S/C19H17FN4O/c1-12-6-7-16(10-13(12)2)22-18(25)17-8-9-21-19(24-17)23-15-5-3-4-14(20)11-15/h3-11H,1-2H3,(H,22,25)(H,21,23,24). The van der Waals surface area contributed by atoms with E-state index < -0.39 is 0 Å². The summed E-state index contributed by atoms with van der Waals surface area (Å²) in [5.41, 5.74) is 3.67. The Bertz CT molecular complexity index is 927. The molecular weight excluding hydrogens is 319 g/mol. The Kier molecular flexibility index (Phi) is 4.70. The zero-order valence-electron chi connectivity index (χ0n) is 13.9. The van der Waals surface area contributed by atoms with Crippen LogP contribution in [-0.4, -0.2) is 15.9 Å². The van der Waals surface area contributed by atoms with Gasteiger partial charge in [-0.15, -0.1) is 0 Å². The van der Waals surface area contributed by atoms with Gasteiger partial charge in [-0.25, -0.2) is 14.4 Å². The van der Waals surface area contributed by atoms with Crippen LogP contribution in [-0.2, 0) is 0 Å². The molecule has 3 rings (SSSR count). The normalized spacial score (nSPS) is 10.4. The second-order valence-corrected chi connectivity index (χ2v) is 5.65. The van der Waals surface area contributed by atoms with Crippen LogP contribution in [0.4, 0.5) is 21.7 Å². The molecule has 1 heterocycles. The van der Waals surface area contributed by atoms with Crippen molar-refractivity contribution in [2.75, 3.05) is 10.6 Å². The summed E-state index contributed by atoms with van der Waals surface area (Å²) in [6.45, 7) is 3.99. The Labute approximate surface area is 145 Å². The predicted octanol–water partition coefficient (Wildman–Crippen LogP) is 4.23. The molecule has 0 fully saturated rings. The van der Waals surface area contributed by atoms with Crippen molar-refractivity contribution in [1.82, 2.24) is 9.97 Å². The van der Waals surface area contributed by atoms with E-state index in [2.05, 4.69) is 20.6 Å². The molecule has 0 unspecified atom stereocenters. The molecule has 3 aromatic rings. The average molecular weight is 336 g/mol. The van der Waals surface area contributed by atoms with Crippen molar-refractivity contribution in [3.05, 3.63) is 77.4 Å². The summed E-state index contributed by atoms with van der Waals surface area (Å²) in [5.74, 6) is -0.486. The van der Waals surface area contributed by atoms with Crippen LogP contribution in [0.1, 0.15) is 21.6 Å². The molecule has 2 N–H and O–H groups in total. The molecule has 0 spiro atoms. The zero-order valence-corrected chi connectivity index (χ0v) is 13.9. The predicted molar refractivity (Wildman–Crippen MR) is 95.6 cm³/mol. The van der Waals surface area contributed by atoms with Gasteiger partial charge in [-0.05, 0) is 61.4 Å². The van der Waals surface area contributed by atoms with E-state index in [-0.39, 0.29) is 23.4 Å². The first-order valence-electron chi connectivity index (χ1n) is 7.75. The molecule has 1 amide bonds. The molecule has 0 bridgehead atoms. The van der Waals surface area contributed by atoms with Gasteiger partial charge in [0.15, 0.2) is 0 Å². The third kappa shape index (κ3) is 4.17. The summed E-state index contributed by atoms with van der Waals surface area (Å²) in [5, 5.41) is 5.69. The lowest BCUT2D eigenvalue weighted by molar-refractivity contribution is 0.102. The molecule has 0 radical (unpaired) electrons. The van der Waals surface area contributed by atoms with Crippen LogP contribution >= 0.6 is 0 Å². The lowest BCUT2D eigenvalue weighted by Crippen LogP contribution is -2.15. The van der Waals surface area contributed by atoms with Crippen LogP contribution in [0.25, 0.3) is 0 Å². The molecule has 0 aliphatic rings. The van der Waals surface area contributed by atoms with Gasteiger partial charge in [0, 0.05) is 17.6 Å². The third-order valence-corrected chi connectivity index (χ3v) is 3.73. The molecular formula is C19H17FN4O. The minimum absolute atomic E-state index is 0.215.